The minimum atomic E-state index is -2.96. The number of halogens is 2. The topological polar surface area (TPSA) is 57.2 Å². The molecule has 1 amide bonds. The second-order valence-corrected chi connectivity index (χ2v) is 6.45. The maximum absolute atomic E-state index is 12.6. The molecule has 0 aliphatic heterocycles. The molecule has 8 heteroatoms. The van der Waals surface area contributed by atoms with Crippen LogP contribution in [-0.4, -0.2) is 44.8 Å². The molecule has 0 fully saturated rings. The molecule has 0 N–H and O–H groups in total. The summed E-state index contributed by atoms with van der Waals surface area (Å²) in [5, 5.41) is 0. The van der Waals surface area contributed by atoms with Crippen molar-refractivity contribution >= 4 is 5.91 Å². The lowest BCUT2D eigenvalue weighted by atomic mass is 10.2. The third kappa shape index (κ3) is 7.09. The van der Waals surface area contributed by atoms with Crippen molar-refractivity contribution in [3.63, 3.8) is 0 Å². The number of para-hydroxylation sites is 2. The van der Waals surface area contributed by atoms with E-state index < -0.39 is 6.61 Å². The molecule has 0 heterocycles. The van der Waals surface area contributed by atoms with Gasteiger partial charge < -0.3 is 23.8 Å². The molecule has 0 spiro atoms. The summed E-state index contributed by atoms with van der Waals surface area (Å²) in [7, 11) is 3.03. The van der Waals surface area contributed by atoms with E-state index in [1.54, 1.807) is 13.1 Å². The zero-order chi connectivity index (χ0) is 21.9. The summed E-state index contributed by atoms with van der Waals surface area (Å²) < 4.78 is 45.8. The first kappa shape index (κ1) is 23.3. The molecule has 0 radical (unpaired) electrons. The highest BCUT2D eigenvalue weighted by Gasteiger charge is 2.14. The monoisotopic (exact) mass is 423 g/mol. The second kappa shape index (κ2) is 11.8. The van der Waals surface area contributed by atoms with Crippen LogP contribution < -0.4 is 18.9 Å². The van der Waals surface area contributed by atoms with Gasteiger partial charge in [-0.1, -0.05) is 18.2 Å². The van der Waals surface area contributed by atoms with Crippen molar-refractivity contribution in [3.8, 4) is 23.0 Å². The molecule has 0 aromatic heterocycles. The smallest absolute Gasteiger partial charge is 0.387 e. The van der Waals surface area contributed by atoms with Crippen LogP contribution in [0.4, 0.5) is 8.78 Å². The molecule has 2 aromatic rings. The zero-order valence-electron chi connectivity index (χ0n) is 17.4. The Balaban J connectivity index is 1.84. The Bertz CT molecular complexity index is 816. The van der Waals surface area contributed by atoms with Crippen LogP contribution in [0, 0.1) is 0 Å². The molecule has 30 heavy (non-hydrogen) atoms. The number of rotatable bonds is 12. The van der Waals surface area contributed by atoms with Gasteiger partial charge in [0.2, 0.25) is 5.91 Å². The van der Waals surface area contributed by atoms with Crippen LogP contribution in [0.2, 0.25) is 0 Å². The molecule has 0 bridgehead atoms. The van der Waals surface area contributed by atoms with Gasteiger partial charge in [-0.25, -0.2) is 0 Å². The molecule has 0 saturated carbocycles. The molecular formula is C22H27F2NO5. The molecule has 2 rings (SSSR count). The summed E-state index contributed by atoms with van der Waals surface area (Å²) in [4.78, 5) is 13.9. The lowest BCUT2D eigenvalue weighted by Gasteiger charge is -2.19. The summed E-state index contributed by atoms with van der Waals surface area (Å²) in [5.74, 6) is 1.38. The molecule has 6 nitrogen and oxygen atoms in total. The van der Waals surface area contributed by atoms with Crippen LogP contribution in [0.1, 0.15) is 25.3 Å². The number of carbonyl (C=O) groups excluding carboxylic acids is 1. The average Bonchev–Trinajstić information content (AvgIpc) is 2.72. The van der Waals surface area contributed by atoms with Gasteiger partial charge in [0, 0.05) is 20.0 Å². The number of methoxy groups -OCH3 is 1. The van der Waals surface area contributed by atoms with Crippen molar-refractivity contribution in [2.75, 3.05) is 27.4 Å². The van der Waals surface area contributed by atoms with Crippen molar-refractivity contribution in [2.24, 2.45) is 0 Å². The van der Waals surface area contributed by atoms with Crippen LogP contribution in [0.3, 0.4) is 0 Å². The van der Waals surface area contributed by atoms with Gasteiger partial charge in [0.15, 0.2) is 23.0 Å². The van der Waals surface area contributed by atoms with Gasteiger partial charge in [-0.05, 0) is 43.2 Å². The van der Waals surface area contributed by atoms with Gasteiger partial charge in [-0.3, -0.25) is 4.79 Å². The molecule has 0 unspecified atom stereocenters. The summed E-state index contributed by atoms with van der Waals surface area (Å²) >= 11 is 0. The lowest BCUT2D eigenvalue weighted by molar-refractivity contribution is -0.130. The second-order valence-electron chi connectivity index (χ2n) is 6.45. The van der Waals surface area contributed by atoms with Gasteiger partial charge >= 0.3 is 6.61 Å². The van der Waals surface area contributed by atoms with Crippen molar-refractivity contribution in [2.45, 2.75) is 32.9 Å². The molecular weight excluding hydrogens is 396 g/mol. The van der Waals surface area contributed by atoms with E-state index in [0.717, 1.165) is 0 Å². The normalized spacial score (nSPS) is 10.6. The first-order chi connectivity index (χ1) is 14.4. The number of alkyl halides is 2. The minimum absolute atomic E-state index is 0.0628. The van der Waals surface area contributed by atoms with Crippen LogP contribution in [0.15, 0.2) is 42.5 Å². The molecule has 164 valence electrons. The van der Waals surface area contributed by atoms with E-state index in [9.17, 15) is 13.6 Å². The van der Waals surface area contributed by atoms with E-state index in [1.807, 2.05) is 31.2 Å². The molecule has 0 aliphatic carbocycles. The maximum atomic E-state index is 12.6. The minimum Gasteiger partial charge on any atom is -0.493 e. The van der Waals surface area contributed by atoms with Crippen molar-refractivity contribution < 1.29 is 32.5 Å². The number of ether oxygens (including phenoxy) is 4. The quantitative estimate of drug-likeness (QED) is 0.470. The fourth-order valence-corrected chi connectivity index (χ4v) is 2.81. The van der Waals surface area contributed by atoms with Crippen molar-refractivity contribution in [1.82, 2.24) is 4.90 Å². The molecule has 0 aliphatic rings. The molecule has 0 saturated heterocycles. The Morgan fingerprint density at radius 1 is 1.03 bits per heavy atom. The fourth-order valence-electron chi connectivity index (χ4n) is 2.81. The third-order valence-electron chi connectivity index (χ3n) is 4.23. The Kier molecular flexibility index (Phi) is 9.18. The van der Waals surface area contributed by atoms with Crippen LogP contribution in [0.25, 0.3) is 0 Å². The summed E-state index contributed by atoms with van der Waals surface area (Å²) in [6.07, 6.45) is 0.829. The highest BCUT2D eigenvalue weighted by atomic mass is 19.3. The Morgan fingerprint density at radius 3 is 2.37 bits per heavy atom. The van der Waals surface area contributed by atoms with Gasteiger partial charge in [-0.2, -0.15) is 8.78 Å². The Labute approximate surface area is 175 Å². The first-order valence-corrected chi connectivity index (χ1v) is 9.65. The van der Waals surface area contributed by atoms with E-state index in [-0.39, 0.29) is 24.0 Å². The Morgan fingerprint density at radius 2 is 1.73 bits per heavy atom. The third-order valence-corrected chi connectivity index (χ3v) is 4.23. The lowest BCUT2D eigenvalue weighted by Crippen LogP contribution is -2.26. The summed E-state index contributed by atoms with van der Waals surface area (Å²) in [5.41, 5.74) is 0.657. The van der Waals surface area contributed by atoms with Gasteiger partial charge in [0.05, 0.1) is 20.3 Å². The number of nitrogens with zero attached hydrogens (tertiary/aromatic N) is 1. The van der Waals surface area contributed by atoms with E-state index in [2.05, 4.69) is 4.74 Å². The highest BCUT2D eigenvalue weighted by Crippen LogP contribution is 2.30. The Hall–Kier alpha value is -3.03. The summed E-state index contributed by atoms with van der Waals surface area (Å²) in [6.45, 7) is 0.117. The number of hydrogen-bond donors (Lipinski definition) is 0. The highest BCUT2D eigenvalue weighted by molar-refractivity contribution is 5.75. The number of carbonyl (C=O) groups is 1. The van der Waals surface area contributed by atoms with Crippen molar-refractivity contribution in [3.05, 3.63) is 48.0 Å². The van der Waals surface area contributed by atoms with E-state index in [0.29, 0.717) is 43.1 Å². The number of hydrogen-bond acceptors (Lipinski definition) is 5. The standard InChI is InChI=1S/C22H27F2NO5/c1-4-28-18-8-5-6-9-19(18)29-13-7-10-21(26)25(2)15-16-11-12-17(27-3)20(14-16)30-22(23)24/h5-6,8-9,11-12,14,22H,4,7,10,13,15H2,1-3H3. The first-order valence-electron chi connectivity index (χ1n) is 9.65. The van der Waals surface area contributed by atoms with Crippen LogP contribution in [-0.2, 0) is 11.3 Å². The van der Waals surface area contributed by atoms with Gasteiger partial charge in [0.1, 0.15) is 0 Å². The average molecular weight is 423 g/mol. The maximum Gasteiger partial charge on any atom is 0.387 e. The predicted octanol–water partition coefficient (Wildman–Crippen LogP) is 4.51. The number of amides is 1. The van der Waals surface area contributed by atoms with E-state index in [4.69, 9.17) is 14.2 Å². The van der Waals surface area contributed by atoms with E-state index >= 15 is 0 Å². The zero-order valence-corrected chi connectivity index (χ0v) is 17.4. The van der Waals surface area contributed by atoms with Crippen LogP contribution >= 0.6 is 0 Å². The molecule has 2 aromatic carbocycles. The predicted molar refractivity (Wildman–Crippen MR) is 108 cm³/mol. The fraction of sp³-hybridized carbons (Fsp3) is 0.409. The summed E-state index contributed by atoms with van der Waals surface area (Å²) in [6, 6.07) is 12.1. The van der Waals surface area contributed by atoms with Crippen molar-refractivity contribution in [1.29, 1.82) is 0 Å². The van der Waals surface area contributed by atoms with Gasteiger partial charge in [-0.15, -0.1) is 0 Å². The number of benzene rings is 2. The van der Waals surface area contributed by atoms with Crippen LogP contribution in [0.5, 0.6) is 23.0 Å². The molecule has 0 atom stereocenters. The SMILES string of the molecule is CCOc1ccccc1OCCCC(=O)N(C)Cc1ccc(OC)c(OC(F)F)c1. The largest absolute Gasteiger partial charge is 0.493 e. The van der Waals surface area contributed by atoms with E-state index in [1.165, 1.54) is 24.1 Å². The van der Waals surface area contributed by atoms with Gasteiger partial charge in [0.25, 0.3) is 0 Å².